The fourth-order valence-corrected chi connectivity index (χ4v) is 2.62. The number of pyridine rings is 1. The zero-order chi connectivity index (χ0) is 18.1. The van der Waals surface area contributed by atoms with Crippen LogP contribution in [-0.4, -0.2) is 49.5 Å². The summed E-state index contributed by atoms with van der Waals surface area (Å²) < 4.78 is 0. The number of nitrogens with one attached hydrogen (secondary N) is 2. The molecule has 2 rings (SSSR count). The van der Waals surface area contributed by atoms with Crippen LogP contribution in [0.3, 0.4) is 0 Å². The highest BCUT2D eigenvalue weighted by Crippen LogP contribution is 2.12. The van der Waals surface area contributed by atoms with E-state index in [0.717, 1.165) is 36.6 Å². The van der Waals surface area contributed by atoms with Crippen molar-refractivity contribution in [2.75, 3.05) is 39.0 Å². The lowest BCUT2D eigenvalue weighted by Gasteiger charge is -2.11. The van der Waals surface area contributed by atoms with Gasteiger partial charge in [-0.3, -0.25) is 9.78 Å². The summed E-state index contributed by atoms with van der Waals surface area (Å²) in [6, 6.07) is 9.64. The summed E-state index contributed by atoms with van der Waals surface area (Å²) in [6.45, 7) is 2.35. The highest BCUT2D eigenvalue weighted by Gasteiger charge is 2.06. The number of nitrogens with zero attached hydrogens (tertiary/aromatic N) is 2. The molecule has 5 nitrogen and oxygen atoms in total. The molecule has 2 N–H and O–H groups in total. The monoisotopic (exact) mass is 360 g/mol. The van der Waals surface area contributed by atoms with Gasteiger partial charge in [-0.05, 0) is 57.2 Å². The fourth-order valence-electron chi connectivity index (χ4n) is 2.40. The minimum Gasteiger partial charge on any atom is -0.383 e. The van der Waals surface area contributed by atoms with Crippen LogP contribution in [-0.2, 0) is 6.42 Å². The Labute approximate surface area is 154 Å². The predicted molar refractivity (Wildman–Crippen MR) is 103 cm³/mol. The van der Waals surface area contributed by atoms with Crippen molar-refractivity contribution in [2.24, 2.45) is 0 Å². The molecule has 1 aromatic heterocycles. The highest BCUT2D eigenvalue weighted by atomic mass is 35.5. The maximum absolute atomic E-state index is 12.2. The number of benzene rings is 1. The molecule has 25 heavy (non-hydrogen) atoms. The molecular weight excluding hydrogens is 336 g/mol. The van der Waals surface area contributed by atoms with Crippen LogP contribution in [0, 0.1) is 0 Å². The molecule has 0 saturated carbocycles. The smallest absolute Gasteiger partial charge is 0.252 e. The minimum absolute atomic E-state index is 0.0928. The van der Waals surface area contributed by atoms with Crippen molar-refractivity contribution >= 4 is 23.2 Å². The molecule has 0 saturated heterocycles. The number of halogens is 1. The van der Waals surface area contributed by atoms with Crippen LogP contribution in [0.25, 0.3) is 0 Å². The lowest BCUT2D eigenvalue weighted by Crippen LogP contribution is -2.27. The average Bonchev–Trinajstić information content (AvgIpc) is 2.59. The number of hydrogen-bond acceptors (Lipinski definition) is 4. The van der Waals surface area contributed by atoms with E-state index in [1.807, 2.05) is 44.4 Å². The van der Waals surface area contributed by atoms with Crippen molar-refractivity contribution in [2.45, 2.75) is 12.8 Å². The molecule has 0 aliphatic carbocycles. The maximum Gasteiger partial charge on any atom is 0.252 e. The number of amides is 1. The van der Waals surface area contributed by atoms with Crippen molar-refractivity contribution in [3.05, 3.63) is 58.9 Å². The van der Waals surface area contributed by atoms with Gasteiger partial charge in [-0.15, -0.1) is 0 Å². The van der Waals surface area contributed by atoms with Crippen LogP contribution in [0.15, 0.2) is 42.7 Å². The first-order chi connectivity index (χ1) is 12.0. The van der Waals surface area contributed by atoms with Gasteiger partial charge in [-0.2, -0.15) is 0 Å². The summed E-state index contributed by atoms with van der Waals surface area (Å²) in [5, 5.41) is 6.96. The molecule has 2 aromatic rings. The summed E-state index contributed by atoms with van der Waals surface area (Å²) >= 11 is 5.99. The van der Waals surface area contributed by atoms with Gasteiger partial charge in [0.2, 0.25) is 0 Å². The Balaban J connectivity index is 1.80. The Bertz CT molecular complexity index is 691. The molecule has 1 amide bonds. The van der Waals surface area contributed by atoms with E-state index in [0.29, 0.717) is 12.1 Å². The SMILES string of the molecule is CN(C)CCCNC(=O)c1cncc(NCCc2cccc(Cl)c2)c1. The van der Waals surface area contributed by atoms with Gasteiger partial charge in [0, 0.05) is 30.5 Å². The van der Waals surface area contributed by atoms with Gasteiger partial charge in [0.25, 0.3) is 5.91 Å². The number of carbonyl (C=O) groups is 1. The van der Waals surface area contributed by atoms with Crippen molar-refractivity contribution in [1.82, 2.24) is 15.2 Å². The van der Waals surface area contributed by atoms with Gasteiger partial charge < -0.3 is 15.5 Å². The number of carbonyl (C=O) groups excluding carboxylic acids is 1. The fraction of sp³-hybridized carbons (Fsp3) is 0.368. The molecule has 0 fully saturated rings. The van der Waals surface area contributed by atoms with Crippen LogP contribution in [0.1, 0.15) is 22.3 Å². The first-order valence-electron chi connectivity index (χ1n) is 8.41. The van der Waals surface area contributed by atoms with E-state index in [4.69, 9.17) is 11.6 Å². The standard InChI is InChI=1S/C19H25ClN4O/c1-24(2)10-4-8-23-19(25)16-12-18(14-21-13-16)22-9-7-15-5-3-6-17(20)11-15/h3,5-6,11-14,22H,4,7-10H2,1-2H3,(H,23,25). The summed E-state index contributed by atoms with van der Waals surface area (Å²) in [7, 11) is 4.04. The van der Waals surface area contributed by atoms with Crippen LogP contribution in [0.4, 0.5) is 5.69 Å². The van der Waals surface area contributed by atoms with Gasteiger partial charge in [0.05, 0.1) is 11.3 Å². The topological polar surface area (TPSA) is 57.3 Å². The Morgan fingerprint density at radius 2 is 2.04 bits per heavy atom. The molecular formula is C19H25ClN4O. The zero-order valence-electron chi connectivity index (χ0n) is 14.8. The van der Waals surface area contributed by atoms with Crippen LogP contribution in [0.2, 0.25) is 5.02 Å². The lowest BCUT2D eigenvalue weighted by atomic mass is 10.1. The summed E-state index contributed by atoms with van der Waals surface area (Å²) in [5.74, 6) is -0.0928. The zero-order valence-corrected chi connectivity index (χ0v) is 15.5. The molecule has 6 heteroatoms. The van der Waals surface area contributed by atoms with Gasteiger partial charge in [0.15, 0.2) is 0 Å². The third-order valence-electron chi connectivity index (χ3n) is 3.70. The Morgan fingerprint density at radius 3 is 2.80 bits per heavy atom. The number of rotatable bonds is 9. The van der Waals surface area contributed by atoms with E-state index in [9.17, 15) is 4.79 Å². The molecule has 0 radical (unpaired) electrons. The maximum atomic E-state index is 12.2. The normalized spacial score (nSPS) is 10.7. The third kappa shape index (κ3) is 7.11. The molecule has 1 aromatic carbocycles. The molecule has 0 spiro atoms. The first kappa shape index (κ1) is 19.2. The molecule has 0 aliphatic heterocycles. The van der Waals surface area contributed by atoms with Crippen LogP contribution >= 0.6 is 11.6 Å². The lowest BCUT2D eigenvalue weighted by molar-refractivity contribution is 0.0952. The quantitative estimate of drug-likeness (QED) is 0.675. The second-order valence-corrected chi connectivity index (χ2v) is 6.62. The first-order valence-corrected chi connectivity index (χ1v) is 8.78. The van der Waals surface area contributed by atoms with Crippen molar-refractivity contribution in [1.29, 1.82) is 0 Å². The molecule has 0 atom stereocenters. The van der Waals surface area contributed by atoms with Crippen molar-refractivity contribution < 1.29 is 4.79 Å². The summed E-state index contributed by atoms with van der Waals surface area (Å²) in [4.78, 5) is 18.4. The van der Waals surface area contributed by atoms with E-state index in [2.05, 4.69) is 20.5 Å². The van der Waals surface area contributed by atoms with Gasteiger partial charge in [0.1, 0.15) is 0 Å². The largest absolute Gasteiger partial charge is 0.383 e. The van der Waals surface area contributed by atoms with E-state index < -0.39 is 0 Å². The van der Waals surface area contributed by atoms with Crippen molar-refractivity contribution in [3.8, 4) is 0 Å². The third-order valence-corrected chi connectivity index (χ3v) is 3.94. The van der Waals surface area contributed by atoms with Crippen LogP contribution in [0.5, 0.6) is 0 Å². The van der Waals surface area contributed by atoms with E-state index >= 15 is 0 Å². The second-order valence-electron chi connectivity index (χ2n) is 6.18. The van der Waals surface area contributed by atoms with Crippen LogP contribution < -0.4 is 10.6 Å². The Kier molecular flexibility index (Phi) is 7.70. The van der Waals surface area contributed by atoms with Gasteiger partial charge >= 0.3 is 0 Å². The number of aromatic nitrogens is 1. The Hall–Kier alpha value is -2.11. The van der Waals surface area contributed by atoms with E-state index in [1.54, 1.807) is 12.4 Å². The molecule has 1 heterocycles. The molecule has 134 valence electrons. The Morgan fingerprint density at radius 1 is 1.20 bits per heavy atom. The van der Waals surface area contributed by atoms with Gasteiger partial charge in [-0.25, -0.2) is 0 Å². The number of anilines is 1. The molecule has 0 aliphatic rings. The van der Waals surface area contributed by atoms with E-state index in [-0.39, 0.29) is 5.91 Å². The summed E-state index contributed by atoms with van der Waals surface area (Å²) in [6.07, 6.45) is 5.08. The average molecular weight is 361 g/mol. The highest BCUT2D eigenvalue weighted by molar-refractivity contribution is 6.30. The number of hydrogen-bond donors (Lipinski definition) is 2. The molecule has 0 unspecified atom stereocenters. The minimum atomic E-state index is -0.0928. The van der Waals surface area contributed by atoms with Gasteiger partial charge in [-0.1, -0.05) is 23.7 Å². The summed E-state index contributed by atoms with van der Waals surface area (Å²) in [5.41, 5.74) is 2.57. The molecule has 0 bridgehead atoms. The second kappa shape index (κ2) is 10.0. The predicted octanol–water partition coefficient (Wildman–Crippen LogP) is 3.07. The van der Waals surface area contributed by atoms with Crippen molar-refractivity contribution in [3.63, 3.8) is 0 Å². The van der Waals surface area contributed by atoms with E-state index in [1.165, 1.54) is 5.56 Å².